The molecule has 1 aliphatic rings. The summed E-state index contributed by atoms with van der Waals surface area (Å²) in [6, 6.07) is 8.59. The first-order valence-corrected chi connectivity index (χ1v) is 9.20. The summed E-state index contributed by atoms with van der Waals surface area (Å²) in [5.74, 6) is 0.993. The summed E-state index contributed by atoms with van der Waals surface area (Å²) in [6.07, 6.45) is 3.23. The van der Waals surface area contributed by atoms with Crippen LogP contribution in [0.5, 0.6) is 0 Å². The summed E-state index contributed by atoms with van der Waals surface area (Å²) in [6.45, 7) is 10.5. The Morgan fingerprint density at radius 2 is 1.77 bits per heavy atom. The number of nitrogens with zero attached hydrogens (tertiary/aromatic N) is 4. The molecule has 2 heterocycles. The fourth-order valence-electron chi connectivity index (χ4n) is 2.99. The average Bonchev–Trinajstić information content (AvgIpc) is 2.66. The number of piperazine rings is 1. The minimum Gasteiger partial charge on any atom is -0.368 e. The molecule has 26 heavy (non-hydrogen) atoms. The zero-order valence-corrected chi connectivity index (χ0v) is 15.8. The highest BCUT2D eigenvalue weighted by molar-refractivity contribution is 5.93. The van der Waals surface area contributed by atoms with Crippen molar-refractivity contribution in [1.29, 1.82) is 0 Å². The molecule has 0 atom stereocenters. The molecule has 1 aromatic heterocycles. The molecule has 0 radical (unpaired) electrons. The van der Waals surface area contributed by atoms with Gasteiger partial charge in [0.15, 0.2) is 0 Å². The van der Waals surface area contributed by atoms with E-state index in [4.69, 9.17) is 0 Å². The second kappa shape index (κ2) is 8.17. The molecule has 2 aromatic rings. The predicted octanol–water partition coefficient (Wildman–Crippen LogP) is 2.50. The first kappa shape index (κ1) is 18.2. The van der Waals surface area contributed by atoms with Gasteiger partial charge in [0.25, 0.3) is 5.91 Å². The molecular formula is C20H27N5O. The summed E-state index contributed by atoms with van der Waals surface area (Å²) in [5, 5.41) is 2.89. The summed E-state index contributed by atoms with van der Waals surface area (Å²) in [5.41, 5.74) is 3.05. The monoisotopic (exact) mass is 353 g/mol. The van der Waals surface area contributed by atoms with Crippen LogP contribution in [0.3, 0.4) is 0 Å². The Hall–Kier alpha value is -2.63. The van der Waals surface area contributed by atoms with Gasteiger partial charge < -0.3 is 15.1 Å². The van der Waals surface area contributed by atoms with E-state index in [0.29, 0.717) is 24.0 Å². The van der Waals surface area contributed by atoms with Gasteiger partial charge in [-0.2, -0.15) is 0 Å². The fourth-order valence-corrected chi connectivity index (χ4v) is 2.99. The lowest BCUT2D eigenvalue weighted by Crippen LogP contribution is -2.47. The van der Waals surface area contributed by atoms with Crippen LogP contribution in [0.15, 0.2) is 36.7 Å². The second-order valence-corrected chi connectivity index (χ2v) is 7.19. The molecule has 0 unspecified atom stereocenters. The number of anilines is 2. The highest BCUT2D eigenvalue weighted by Gasteiger charge is 2.19. The molecular weight excluding hydrogens is 326 g/mol. The summed E-state index contributed by atoms with van der Waals surface area (Å²) in [7, 11) is 0. The summed E-state index contributed by atoms with van der Waals surface area (Å²) < 4.78 is 0. The number of hydrogen-bond acceptors (Lipinski definition) is 5. The van der Waals surface area contributed by atoms with Gasteiger partial charge in [-0.15, -0.1) is 0 Å². The van der Waals surface area contributed by atoms with E-state index < -0.39 is 0 Å². The van der Waals surface area contributed by atoms with Crippen LogP contribution in [0.2, 0.25) is 0 Å². The van der Waals surface area contributed by atoms with Gasteiger partial charge in [0, 0.05) is 50.8 Å². The Morgan fingerprint density at radius 1 is 1.12 bits per heavy atom. The molecule has 1 N–H and O–H groups in total. The molecule has 6 nitrogen and oxygen atoms in total. The molecule has 138 valence electrons. The topological polar surface area (TPSA) is 61.4 Å². The minimum absolute atomic E-state index is 0.116. The maximum Gasteiger partial charge on any atom is 0.254 e. The Kier molecular flexibility index (Phi) is 5.71. The lowest BCUT2D eigenvalue weighted by atomic mass is 10.2. The van der Waals surface area contributed by atoms with E-state index in [2.05, 4.69) is 70.1 Å². The molecule has 3 rings (SSSR count). The van der Waals surface area contributed by atoms with Crippen LogP contribution in [0, 0.1) is 12.8 Å². The van der Waals surface area contributed by atoms with Gasteiger partial charge in [0.1, 0.15) is 0 Å². The third-order valence-corrected chi connectivity index (χ3v) is 4.50. The van der Waals surface area contributed by atoms with E-state index in [0.717, 1.165) is 26.2 Å². The molecule has 0 bridgehead atoms. The van der Waals surface area contributed by atoms with E-state index in [1.807, 2.05) is 0 Å². The Morgan fingerprint density at radius 3 is 2.38 bits per heavy atom. The molecule has 0 saturated carbocycles. The number of carbonyl (C=O) groups is 1. The lowest BCUT2D eigenvalue weighted by molar-refractivity contribution is 0.0948. The minimum atomic E-state index is -0.116. The van der Waals surface area contributed by atoms with Crippen molar-refractivity contribution in [3.8, 4) is 0 Å². The van der Waals surface area contributed by atoms with Gasteiger partial charge in [-0.25, -0.2) is 9.97 Å². The van der Waals surface area contributed by atoms with Gasteiger partial charge in [-0.3, -0.25) is 4.79 Å². The van der Waals surface area contributed by atoms with Crippen LogP contribution in [-0.2, 0) is 0 Å². The molecule has 1 amide bonds. The average molecular weight is 353 g/mol. The number of nitrogens with one attached hydrogen (secondary N) is 1. The van der Waals surface area contributed by atoms with Gasteiger partial charge in [-0.1, -0.05) is 26.0 Å². The third kappa shape index (κ3) is 4.50. The number of aryl methyl sites for hydroxylation is 1. The zero-order chi connectivity index (χ0) is 18.5. The van der Waals surface area contributed by atoms with Crippen molar-refractivity contribution in [3.63, 3.8) is 0 Å². The van der Waals surface area contributed by atoms with E-state index in [-0.39, 0.29) is 5.91 Å². The van der Waals surface area contributed by atoms with Crippen LogP contribution < -0.4 is 15.1 Å². The maximum absolute atomic E-state index is 12.1. The largest absolute Gasteiger partial charge is 0.368 e. The number of aromatic nitrogens is 2. The van der Waals surface area contributed by atoms with E-state index >= 15 is 0 Å². The first-order valence-electron chi connectivity index (χ1n) is 9.20. The first-order chi connectivity index (χ1) is 12.5. The van der Waals surface area contributed by atoms with Crippen molar-refractivity contribution in [2.75, 3.05) is 42.5 Å². The van der Waals surface area contributed by atoms with Gasteiger partial charge in [0.05, 0.1) is 5.56 Å². The van der Waals surface area contributed by atoms with Gasteiger partial charge >= 0.3 is 0 Å². The van der Waals surface area contributed by atoms with Crippen LogP contribution >= 0.6 is 0 Å². The van der Waals surface area contributed by atoms with Crippen molar-refractivity contribution in [3.05, 3.63) is 47.8 Å². The lowest BCUT2D eigenvalue weighted by Gasteiger charge is -2.36. The molecule has 1 saturated heterocycles. The number of amides is 1. The van der Waals surface area contributed by atoms with Crippen LogP contribution in [0.4, 0.5) is 11.6 Å². The summed E-state index contributed by atoms with van der Waals surface area (Å²) >= 11 is 0. The number of hydrogen-bond donors (Lipinski definition) is 1. The van der Waals surface area contributed by atoms with Crippen molar-refractivity contribution in [1.82, 2.24) is 15.3 Å². The van der Waals surface area contributed by atoms with E-state index in [1.165, 1.54) is 11.3 Å². The zero-order valence-electron chi connectivity index (χ0n) is 15.8. The summed E-state index contributed by atoms with van der Waals surface area (Å²) in [4.78, 5) is 25.4. The normalized spacial score (nSPS) is 14.6. The number of carbonyl (C=O) groups excluding carboxylic acids is 1. The molecule has 0 aliphatic carbocycles. The molecule has 0 spiro atoms. The van der Waals surface area contributed by atoms with Crippen molar-refractivity contribution in [2.24, 2.45) is 5.92 Å². The highest BCUT2D eigenvalue weighted by Crippen LogP contribution is 2.19. The van der Waals surface area contributed by atoms with Crippen molar-refractivity contribution < 1.29 is 4.79 Å². The number of benzene rings is 1. The van der Waals surface area contributed by atoms with E-state index in [1.54, 1.807) is 12.4 Å². The standard InChI is InChI=1S/C20H27N5O/c1-15(2)12-21-19(26)17-13-22-20(23-14-17)25-9-7-24(8-10-25)18-6-4-5-16(3)11-18/h4-6,11,13-15H,7-10,12H2,1-3H3,(H,21,26). The molecule has 6 heteroatoms. The van der Waals surface area contributed by atoms with Crippen LogP contribution in [0.1, 0.15) is 29.8 Å². The Balaban J connectivity index is 1.57. The smallest absolute Gasteiger partial charge is 0.254 e. The Labute approximate surface area is 155 Å². The van der Waals surface area contributed by atoms with E-state index in [9.17, 15) is 4.79 Å². The fraction of sp³-hybridized carbons (Fsp3) is 0.450. The van der Waals surface area contributed by atoms with Crippen molar-refractivity contribution in [2.45, 2.75) is 20.8 Å². The SMILES string of the molecule is Cc1cccc(N2CCN(c3ncc(C(=O)NCC(C)C)cn3)CC2)c1. The van der Waals surface area contributed by atoms with Gasteiger partial charge in [0.2, 0.25) is 5.95 Å². The molecule has 1 fully saturated rings. The van der Waals surface area contributed by atoms with Crippen molar-refractivity contribution >= 4 is 17.5 Å². The molecule has 1 aromatic carbocycles. The Bertz CT molecular complexity index is 736. The molecule has 1 aliphatic heterocycles. The maximum atomic E-state index is 12.1. The van der Waals surface area contributed by atoms with Crippen LogP contribution in [0.25, 0.3) is 0 Å². The van der Waals surface area contributed by atoms with Crippen LogP contribution in [-0.4, -0.2) is 48.6 Å². The van der Waals surface area contributed by atoms with Gasteiger partial charge in [-0.05, 0) is 30.5 Å². The highest BCUT2D eigenvalue weighted by atomic mass is 16.1. The third-order valence-electron chi connectivity index (χ3n) is 4.50. The second-order valence-electron chi connectivity index (χ2n) is 7.19. The predicted molar refractivity (Wildman–Crippen MR) is 105 cm³/mol. The number of rotatable bonds is 5. The quantitative estimate of drug-likeness (QED) is 0.895.